The molecule has 0 radical (unpaired) electrons. The molecule has 0 saturated heterocycles. The zero-order valence-corrected chi connectivity index (χ0v) is 5.08. The summed E-state index contributed by atoms with van der Waals surface area (Å²) in [5.41, 5.74) is 0. The maximum Gasteiger partial charge on any atom is 0.459 e. The highest BCUT2D eigenvalue weighted by atomic mass is 19.4. The average molecular weight is 137 g/mol. The molecule has 0 spiro atoms. The number of rotatable bonds is 0. The summed E-state index contributed by atoms with van der Waals surface area (Å²) in [5, 5.41) is 0. The summed E-state index contributed by atoms with van der Waals surface area (Å²) in [5.74, 6) is 1.10. The molecule has 0 fully saturated rings. The first-order valence-corrected chi connectivity index (χ1v) is 2.18. The Balaban J connectivity index is 3.88. The second kappa shape index (κ2) is 2.62. The summed E-state index contributed by atoms with van der Waals surface area (Å²) in [6.45, 7) is 0. The third-order valence-electron chi connectivity index (χ3n) is 0.421. The molecule has 0 aromatic rings. The van der Waals surface area contributed by atoms with Crippen LogP contribution in [0.3, 0.4) is 0 Å². The summed E-state index contributed by atoms with van der Waals surface area (Å²) < 4.78 is 33.6. The largest absolute Gasteiger partial charge is 0.459 e. The van der Waals surface area contributed by atoms with Gasteiger partial charge in [0.05, 0.1) is 0 Å². The van der Waals surface area contributed by atoms with Crippen molar-refractivity contribution in [3.05, 3.63) is 0 Å². The molecule has 0 aliphatic carbocycles. The Bertz CT molecular complexity index is 137. The molecule has 9 heavy (non-hydrogen) atoms. The molecule has 0 rings (SSSR count). The molecule has 0 amide bonds. The van der Waals surface area contributed by atoms with E-state index in [2.05, 4.69) is 0 Å². The van der Waals surface area contributed by atoms with Crippen LogP contribution in [0.1, 0.15) is 0 Å². The van der Waals surface area contributed by atoms with Crippen molar-refractivity contribution in [2.24, 2.45) is 0 Å². The van der Waals surface area contributed by atoms with E-state index in [9.17, 15) is 13.2 Å². The summed E-state index contributed by atoms with van der Waals surface area (Å²) in [6.07, 6.45) is -4.37. The van der Waals surface area contributed by atoms with Gasteiger partial charge in [-0.15, -0.1) is 0 Å². The molecule has 0 aliphatic heterocycles. The number of hydrogen-bond acceptors (Lipinski definition) is 1. The molecule has 0 N–H and O–H groups in total. The van der Waals surface area contributed by atoms with Gasteiger partial charge in [-0.2, -0.15) is 13.2 Å². The van der Waals surface area contributed by atoms with Crippen LogP contribution in [0.25, 0.3) is 0 Å². The van der Waals surface area contributed by atoms with Crippen molar-refractivity contribution in [3.8, 4) is 12.0 Å². The normalized spacial score (nSPS) is 9.89. The average Bonchev–Trinajstić information content (AvgIpc) is 1.59. The van der Waals surface area contributed by atoms with E-state index in [1.54, 1.807) is 0 Å². The number of hydrogen-bond donors (Lipinski definition) is 0. The van der Waals surface area contributed by atoms with E-state index in [4.69, 9.17) is 0 Å². The lowest BCUT2D eigenvalue weighted by Crippen LogP contribution is -2.07. The van der Waals surface area contributed by atoms with Gasteiger partial charge in [-0.05, 0) is 0 Å². The number of nitrogens with zero attached hydrogens (tertiary/aromatic N) is 1. The lowest BCUT2D eigenvalue weighted by Gasteiger charge is -1.98. The first-order chi connectivity index (χ1) is 3.92. The number of halogens is 3. The molecule has 52 valence electrons. The lowest BCUT2D eigenvalue weighted by molar-refractivity contribution is -0.0699. The second-order valence-corrected chi connectivity index (χ2v) is 1.63. The van der Waals surface area contributed by atoms with Crippen LogP contribution in [0.5, 0.6) is 0 Å². The molecule has 0 aromatic heterocycles. The van der Waals surface area contributed by atoms with Crippen molar-refractivity contribution in [3.63, 3.8) is 0 Å². The molecule has 0 aliphatic rings. The standard InChI is InChI=1S/C5H6F3N/c1-9(2)4-3-5(6,7)8/h1-2H3. The summed E-state index contributed by atoms with van der Waals surface area (Å²) in [6, 6.07) is 1.84. The van der Waals surface area contributed by atoms with Crippen LogP contribution in [-0.2, 0) is 0 Å². The van der Waals surface area contributed by atoms with E-state index in [0.717, 1.165) is 10.8 Å². The summed E-state index contributed by atoms with van der Waals surface area (Å²) in [4.78, 5) is 1.15. The zero-order valence-electron chi connectivity index (χ0n) is 5.08. The Morgan fingerprint density at radius 2 is 1.67 bits per heavy atom. The van der Waals surface area contributed by atoms with Gasteiger partial charge >= 0.3 is 6.18 Å². The molecule has 0 atom stereocenters. The molecular formula is C5H6F3N. The molecule has 0 heterocycles. The Morgan fingerprint density at radius 1 is 1.22 bits per heavy atom. The Labute approximate surface area is 51.5 Å². The highest BCUT2D eigenvalue weighted by Crippen LogP contribution is 2.11. The van der Waals surface area contributed by atoms with Gasteiger partial charge < -0.3 is 4.90 Å². The first kappa shape index (κ1) is 8.15. The topological polar surface area (TPSA) is 3.24 Å². The highest BCUT2D eigenvalue weighted by Gasteiger charge is 2.23. The van der Waals surface area contributed by atoms with Gasteiger partial charge in [-0.1, -0.05) is 0 Å². The van der Waals surface area contributed by atoms with E-state index < -0.39 is 6.18 Å². The first-order valence-electron chi connectivity index (χ1n) is 2.18. The third-order valence-corrected chi connectivity index (χ3v) is 0.421. The van der Waals surface area contributed by atoms with E-state index in [-0.39, 0.29) is 0 Å². The van der Waals surface area contributed by atoms with Crippen LogP contribution < -0.4 is 0 Å². The number of alkyl halides is 3. The van der Waals surface area contributed by atoms with Crippen LogP contribution >= 0.6 is 0 Å². The minimum Gasteiger partial charge on any atom is -0.338 e. The molecule has 1 nitrogen and oxygen atoms in total. The van der Waals surface area contributed by atoms with Crippen LogP contribution in [0.15, 0.2) is 0 Å². The molecule has 4 heteroatoms. The summed E-state index contributed by atoms with van der Waals surface area (Å²) >= 11 is 0. The van der Waals surface area contributed by atoms with Crippen molar-refractivity contribution in [2.75, 3.05) is 14.1 Å². The smallest absolute Gasteiger partial charge is 0.338 e. The maximum absolute atomic E-state index is 11.2. The predicted octanol–water partition coefficient (Wildman–Crippen LogP) is 1.07. The van der Waals surface area contributed by atoms with Gasteiger partial charge in [0.1, 0.15) is 0 Å². The Hall–Kier alpha value is -0.850. The fourth-order valence-electron chi connectivity index (χ4n) is 0.175. The van der Waals surface area contributed by atoms with Crippen LogP contribution in [0, 0.1) is 12.0 Å². The van der Waals surface area contributed by atoms with Crippen molar-refractivity contribution in [1.82, 2.24) is 4.90 Å². The summed E-state index contributed by atoms with van der Waals surface area (Å²) in [7, 11) is 2.89. The zero-order chi connectivity index (χ0) is 7.49. The highest BCUT2D eigenvalue weighted by molar-refractivity contribution is 5.02. The third kappa shape index (κ3) is 7.15. The molecule has 0 bridgehead atoms. The Kier molecular flexibility index (Phi) is 2.38. The van der Waals surface area contributed by atoms with Gasteiger partial charge in [0.2, 0.25) is 0 Å². The van der Waals surface area contributed by atoms with E-state index >= 15 is 0 Å². The van der Waals surface area contributed by atoms with Gasteiger partial charge in [-0.3, -0.25) is 0 Å². The van der Waals surface area contributed by atoms with Gasteiger partial charge in [0, 0.05) is 26.1 Å². The quantitative estimate of drug-likeness (QED) is 0.356. The van der Waals surface area contributed by atoms with Gasteiger partial charge in [0.15, 0.2) is 0 Å². The SMILES string of the molecule is CN(C)C#CC(F)(F)F. The minimum atomic E-state index is -4.37. The monoisotopic (exact) mass is 137 g/mol. The van der Waals surface area contributed by atoms with Crippen LogP contribution in [0.2, 0.25) is 0 Å². The Morgan fingerprint density at radius 3 is 1.78 bits per heavy atom. The molecule has 0 aromatic carbocycles. The molecule has 0 saturated carbocycles. The lowest BCUT2D eigenvalue weighted by atomic mass is 10.6. The van der Waals surface area contributed by atoms with Crippen LogP contribution in [-0.4, -0.2) is 25.2 Å². The van der Waals surface area contributed by atoms with Crippen molar-refractivity contribution in [1.29, 1.82) is 0 Å². The van der Waals surface area contributed by atoms with E-state index in [0.29, 0.717) is 0 Å². The molecular weight excluding hydrogens is 131 g/mol. The molecule has 0 unspecified atom stereocenters. The van der Waals surface area contributed by atoms with Gasteiger partial charge in [-0.25, -0.2) is 0 Å². The van der Waals surface area contributed by atoms with Gasteiger partial charge in [0.25, 0.3) is 0 Å². The fourth-order valence-corrected chi connectivity index (χ4v) is 0.175. The van der Waals surface area contributed by atoms with E-state index in [1.807, 2.05) is 6.04 Å². The van der Waals surface area contributed by atoms with Crippen LogP contribution in [0.4, 0.5) is 13.2 Å². The second-order valence-electron chi connectivity index (χ2n) is 1.63. The van der Waals surface area contributed by atoms with E-state index in [1.165, 1.54) is 14.1 Å². The van der Waals surface area contributed by atoms with Crippen molar-refractivity contribution in [2.45, 2.75) is 6.18 Å². The minimum absolute atomic E-state index is 1.10. The van der Waals surface area contributed by atoms with Crippen molar-refractivity contribution >= 4 is 0 Å². The maximum atomic E-state index is 11.2. The predicted molar refractivity (Wildman–Crippen MR) is 27.5 cm³/mol. The van der Waals surface area contributed by atoms with Crippen molar-refractivity contribution < 1.29 is 13.2 Å². The fraction of sp³-hybridized carbons (Fsp3) is 0.600.